The van der Waals surface area contributed by atoms with Crippen LogP contribution in [-0.2, 0) is 9.47 Å². The highest BCUT2D eigenvalue weighted by Crippen LogP contribution is 1.95. The highest BCUT2D eigenvalue weighted by molar-refractivity contribution is 4.61. The van der Waals surface area contributed by atoms with Gasteiger partial charge in [0.05, 0.1) is 25.9 Å². The number of hydrogen-bond acceptors (Lipinski definition) is 5. The number of nitrogens with zero attached hydrogens (tertiary/aromatic N) is 1. The molecule has 0 bridgehead atoms. The lowest BCUT2D eigenvalue weighted by Gasteiger charge is -2.28. The van der Waals surface area contributed by atoms with Gasteiger partial charge in [-0.05, 0) is 5.92 Å². The van der Waals surface area contributed by atoms with Crippen molar-refractivity contribution >= 4 is 0 Å². The molecule has 2 N–H and O–H groups in total. The summed E-state index contributed by atoms with van der Waals surface area (Å²) in [6.07, 6.45) is -0.443. The van der Waals surface area contributed by atoms with Gasteiger partial charge in [0.15, 0.2) is 0 Å². The Morgan fingerprint density at radius 3 is 2.62 bits per heavy atom. The summed E-state index contributed by atoms with van der Waals surface area (Å²) < 4.78 is 10.6. The number of aliphatic hydroxyl groups excluding tert-OH is 1. The molecule has 1 aliphatic heterocycles. The van der Waals surface area contributed by atoms with Crippen molar-refractivity contribution < 1.29 is 14.6 Å². The number of aliphatic hydroxyl groups is 1. The molecule has 0 aromatic rings. The molecule has 0 amide bonds. The number of hydrogen-bond donors (Lipinski definition) is 2. The Hall–Kier alpha value is -0.200. The first-order chi connectivity index (χ1) is 7.68. The Morgan fingerprint density at radius 2 is 2.00 bits per heavy atom. The van der Waals surface area contributed by atoms with Crippen LogP contribution >= 0.6 is 0 Å². The molecular weight excluding hydrogens is 208 g/mol. The first-order valence-corrected chi connectivity index (χ1v) is 6.00. The zero-order valence-corrected chi connectivity index (χ0v) is 10.3. The van der Waals surface area contributed by atoms with Gasteiger partial charge >= 0.3 is 0 Å². The zero-order valence-electron chi connectivity index (χ0n) is 10.3. The lowest BCUT2D eigenvalue weighted by Crippen LogP contribution is -2.48. The fourth-order valence-corrected chi connectivity index (χ4v) is 1.45. The van der Waals surface area contributed by atoms with Gasteiger partial charge in [0.2, 0.25) is 0 Å². The van der Waals surface area contributed by atoms with Crippen molar-refractivity contribution in [3.05, 3.63) is 0 Å². The smallest absolute Gasteiger partial charge is 0.0911 e. The number of morpholine rings is 1. The fraction of sp³-hybridized carbons (Fsp3) is 1.00. The van der Waals surface area contributed by atoms with Crippen molar-refractivity contribution in [2.45, 2.75) is 20.0 Å². The third-order valence-electron chi connectivity index (χ3n) is 2.32. The second kappa shape index (κ2) is 7.97. The highest BCUT2D eigenvalue weighted by atomic mass is 16.5. The van der Waals surface area contributed by atoms with Gasteiger partial charge in [-0.3, -0.25) is 5.43 Å². The van der Waals surface area contributed by atoms with Crippen LogP contribution in [0.25, 0.3) is 0 Å². The second-order valence-electron chi connectivity index (χ2n) is 4.55. The second-order valence-corrected chi connectivity index (χ2v) is 4.55. The van der Waals surface area contributed by atoms with E-state index in [2.05, 4.69) is 24.3 Å². The standard InChI is InChI=1S/C11H24N2O3/c1-10(2)8-16-9-11(14)7-12-13-3-5-15-6-4-13/h10-12,14H,3-9H2,1-2H3. The van der Waals surface area contributed by atoms with Crippen molar-refractivity contribution in [1.82, 2.24) is 10.4 Å². The molecule has 5 nitrogen and oxygen atoms in total. The van der Waals surface area contributed by atoms with Crippen LogP contribution in [0.3, 0.4) is 0 Å². The van der Waals surface area contributed by atoms with E-state index in [1.165, 1.54) is 0 Å². The van der Waals surface area contributed by atoms with E-state index in [-0.39, 0.29) is 0 Å². The van der Waals surface area contributed by atoms with Crippen molar-refractivity contribution in [2.75, 3.05) is 46.1 Å². The first-order valence-electron chi connectivity index (χ1n) is 6.00. The van der Waals surface area contributed by atoms with E-state index in [9.17, 15) is 5.11 Å². The minimum atomic E-state index is -0.443. The Kier molecular flexibility index (Phi) is 6.91. The molecule has 0 spiro atoms. The molecule has 1 heterocycles. The summed E-state index contributed by atoms with van der Waals surface area (Å²) >= 11 is 0. The summed E-state index contributed by atoms with van der Waals surface area (Å²) in [4.78, 5) is 0. The Morgan fingerprint density at radius 1 is 1.31 bits per heavy atom. The molecule has 0 aromatic heterocycles. The first kappa shape index (κ1) is 13.9. The number of rotatable bonds is 7. The van der Waals surface area contributed by atoms with Gasteiger partial charge in [-0.25, -0.2) is 5.01 Å². The van der Waals surface area contributed by atoms with Gasteiger partial charge in [-0.2, -0.15) is 0 Å². The Balaban J connectivity index is 1.98. The molecule has 1 aliphatic rings. The predicted molar refractivity (Wildman–Crippen MR) is 62.1 cm³/mol. The third-order valence-corrected chi connectivity index (χ3v) is 2.32. The number of ether oxygens (including phenoxy) is 2. The van der Waals surface area contributed by atoms with Crippen LogP contribution in [0, 0.1) is 5.92 Å². The average Bonchev–Trinajstić information content (AvgIpc) is 2.27. The lowest BCUT2D eigenvalue weighted by molar-refractivity contribution is -0.0134. The molecule has 1 unspecified atom stereocenters. The van der Waals surface area contributed by atoms with Crippen LogP contribution in [0.5, 0.6) is 0 Å². The van der Waals surface area contributed by atoms with Crippen LogP contribution in [0.1, 0.15) is 13.8 Å². The maximum atomic E-state index is 9.65. The Bertz CT molecular complexity index is 173. The molecule has 1 rings (SSSR count). The quantitative estimate of drug-likeness (QED) is 0.640. The van der Waals surface area contributed by atoms with Crippen LogP contribution < -0.4 is 5.43 Å². The molecule has 0 radical (unpaired) electrons. The monoisotopic (exact) mass is 232 g/mol. The summed E-state index contributed by atoms with van der Waals surface area (Å²) in [5, 5.41) is 11.7. The summed E-state index contributed by atoms with van der Waals surface area (Å²) in [6.45, 7) is 9.10. The van der Waals surface area contributed by atoms with Crippen LogP contribution in [0.2, 0.25) is 0 Å². The number of hydrazine groups is 1. The third kappa shape index (κ3) is 6.40. The van der Waals surface area contributed by atoms with Crippen LogP contribution in [0.15, 0.2) is 0 Å². The maximum Gasteiger partial charge on any atom is 0.0911 e. The van der Waals surface area contributed by atoms with E-state index in [1.807, 2.05) is 0 Å². The summed E-state index contributed by atoms with van der Waals surface area (Å²) in [5.41, 5.74) is 3.18. The van der Waals surface area contributed by atoms with Crippen LogP contribution in [0.4, 0.5) is 0 Å². The summed E-state index contributed by atoms with van der Waals surface area (Å²) in [6, 6.07) is 0. The SMILES string of the molecule is CC(C)COCC(O)CNN1CCOCC1. The predicted octanol–water partition coefficient (Wildman–Crippen LogP) is -0.143. The van der Waals surface area contributed by atoms with Gasteiger partial charge in [0.1, 0.15) is 0 Å². The summed E-state index contributed by atoms with van der Waals surface area (Å²) in [7, 11) is 0. The molecular formula is C11H24N2O3. The van der Waals surface area contributed by atoms with Gasteiger partial charge < -0.3 is 14.6 Å². The Labute approximate surface area is 97.7 Å². The van der Waals surface area contributed by atoms with E-state index in [1.54, 1.807) is 0 Å². The highest BCUT2D eigenvalue weighted by Gasteiger charge is 2.11. The molecule has 96 valence electrons. The van der Waals surface area contributed by atoms with E-state index in [4.69, 9.17) is 9.47 Å². The molecule has 0 aliphatic carbocycles. The molecule has 16 heavy (non-hydrogen) atoms. The minimum Gasteiger partial charge on any atom is -0.389 e. The molecule has 0 aromatic carbocycles. The number of nitrogens with one attached hydrogen (secondary N) is 1. The maximum absolute atomic E-state index is 9.65. The molecule has 1 atom stereocenters. The minimum absolute atomic E-state index is 0.398. The summed E-state index contributed by atoms with van der Waals surface area (Å²) in [5.74, 6) is 0.513. The lowest BCUT2D eigenvalue weighted by atomic mass is 10.2. The van der Waals surface area contributed by atoms with Crippen molar-refractivity contribution in [3.8, 4) is 0 Å². The molecule has 1 fully saturated rings. The van der Waals surface area contributed by atoms with Crippen molar-refractivity contribution in [1.29, 1.82) is 0 Å². The molecule has 5 heteroatoms. The topological polar surface area (TPSA) is 54.0 Å². The largest absolute Gasteiger partial charge is 0.389 e. The average molecular weight is 232 g/mol. The van der Waals surface area contributed by atoms with Crippen molar-refractivity contribution in [2.24, 2.45) is 5.92 Å². The van der Waals surface area contributed by atoms with Gasteiger partial charge in [-0.1, -0.05) is 13.8 Å². The normalized spacial score (nSPS) is 20.2. The van der Waals surface area contributed by atoms with E-state index >= 15 is 0 Å². The molecule has 1 saturated heterocycles. The van der Waals surface area contributed by atoms with Gasteiger partial charge in [0, 0.05) is 26.2 Å². The molecule has 0 saturated carbocycles. The van der Waals surface area contributed by atoms with Gasteiger partial charge in [-0.15, -0.1) is 0 Å². The van der Waals surface area contributed by atoms with E-state index in [0.29, 0.717) is 25.7 Å². The van der Waals surface area contributed by atoms with Crippen molar-refractivity contribution in [3.63, 3.8) is 0 Å². The zero-order chi connectivity index (χ0) is 11.8. The fourth-order valence-electron chi connectivity index (χ4n) is 1.45. The van der Waals surface area contributed by atoms with E-state index in [0.717, 1.165) is 26.3 Å². The van der Waals surface area contributed by atoms with Crippen LogP contribution in [-0.4, -0.2) is 62.3 Å². The van der Waals surface area contributed by atoms with Gasteiger partial charge in [0.25, 0.3) is 0 Å². The van der Waals surface area contributed by atoms with E-state index < -0.39 is 6.10 Å².